The van der Waals surface area contributed by atoms with E-state index in [1.54, 1.807) is 25.1 Å². The summed E-state index contributed by atoms with van der Waals surface area (Å²) in [5, 5.41) is 0.411. The van der Waals surface area contributed by atoms with E-state index in [9.17, 15) is 13.2 Å². The molecular formula is C14H19ClO4S. The van der Waals surface area contributed by atoms with E-state index in [2.05, 4.69) is 0 Å². The van der Waals surface area contributed by atoms with Gasteiger partial charge in [0.05, 0.1) is 17.3 Å². The molecule has 0 bridgehead atoms. The molecule has 1 rings (SSSR count). The molecule has 0 unspecified atom stereocenters. The van der Waals surface area contributed by atoms with E-state index in [4.69, 9.17) is 16.3 Å². The molecule has 6 heteroatoms. The van der Waals surface area contributed by atoms with Crippen LogP contribution in [0.2, 0.25) is 5.02 Å². The molecule has 1 aromatic rings. The summed E-state index contributed by atoms with van der Waals surface area (Å²) in [4.78, 5) is 11.4. The summed E-state index contributed by atoms with van der Waals surface area (Å²) >= 11 is 5.78. The Balaban J connectivity index is 2.36. The van der Waals surface area contributed by atoms with Crippen LogP contribution >= 0.6 is 11.6 Å². The minimum Gasteiger partial charge on any atom is -0.466 e. The second kappa shape index (κ2) is 8.27. The van der Waals surface area contributed by atoms with Crippen LogP contribution in [0.25, 0.3) is 0 Å². The van der Waals surface area contributed by atoms with Crippen molar-refractivity contribution in [3.8, 4) is 0 Å². The standard InChI is InChI=1S/C14H19ClO4S/c1-2-19-14(16)9-4-3-5-10-20(17,18)13-8-6-7-12(15)11-13/h6-8,11H,2-5,9-10H2,1H3. The number of esters is 1. The van der Waals surface area contributed by atoms with Crippen molar-refractivity contribution in [3.05, 3.63) is 29.3 Å². The molecule has 0 amide bonds. The lowest BCUT2D eigenvalue weighted by Crippen LogP contribution is -2.07. The molecular weight excluding hydrogens is 300 g/mol. The summed E-state index contributed by atoms with van der Waals surface area (Å²) in [6.45, 7) is 2.14. The van der Waals surface area contributed by atoms with Crippen molar-refractivity contribution in [2.24, 2.45) is 0 Å². The number of sulfone groups is 1. The molecule has 0 aromatic heterocycles. The number of ether oxygens (including phenoxy) is 1. The fourth-order valence-electron chi connectivity index (χ4n) is 1.75. The summed E-state index contributed by atoms with van der Waals surface area (Å²) in [5.74, 6) is -0.166. The zero-order chi connectivity index (χ0) is 15.0. The molecule has 0 heterocycles. The number of benzene rings is 1. The van der Waals surface area contributed by atoms with Crippen molar-refractivity contribution in [2.75, 3.05) is 12.4 Å². The SMILES string of the molecule is CCOC(=O)CCCCCS(=O)(=O)c1cccc(Cl)c1. The highest BCUT2D eigenvalue weighted by Gasteiger charge is 2.14. The zero-order valence-electron chi connectivity index (χ0n) is 11.5. The van der Waals surface area contributed by atoms with Gasteiger partial charge in [-0.2, -0.15) is 0 Å². The average Bonchev–Trinajstić information content (AvgIpc) is 2.38. The van der Waals surface area contributed by atoms with Crippen molar-refractivity contribution in [1.29, 1.82) is 0 Å². The maximum atomic E-state index is 12.0. The Labute approximate surface area is 125 Å². The highest BCUT2D eigenvalue weighted by atomic mass is 35.5. The summed E-state index contributed by atoms with van der Waals surface area (Å²) in [7, 11) is -3.29. The normalized spacial score (nSPS) is 11.3. The maximum absolute atomic E-state index is 12.0. The topological polar surface area (TPSA) is 60.4 Å². The van der Waals surface area contributed by atoms with Gasteiger partial charge in [-0.05, 0) is 38.0 Å². The number of carbonyl (C=O) groups is 1. The van der Waals surface area contributed by atoms with Crippen molar-refractivity contribution < 1.29 is 17.9 Å². The Morgan fingerprint density at radius 3 is 2.65 bits per heavy atom. The lowest BCUT2D eigenvalue weighted by atomic mass is 10.2. The first-order valence-electron chi connectivity index (χ1n) is 6.59. The van der Waals surface area contributed by atoms with E-state index in [0.717, 1.165) is 0 Å². The molecule has 0 saturated carbocycles. The highest BCUT2D eigenvalue weighted by molar-refractivity contribution is 7.91. The molecule has 20 heavy (non-hydrogen) atoms. The van der Waals surface area contributed by atoms with E-state index in [0.29, 0.717) is 37.3 Å². The predicted octanol–water partition coefficient (Wildman–Crippen LogP) is 3.24. The first-order valence-corrected chi connectivity index (χ1v) is 8.62. The van der Waals surface area contributed by atoms with Crippen LogP contribution in [0.1, 0.15) is 32.6 Å². The van der Waals surface area contributed by atoms with Gasteiger partial charge in [-0.1, -0.05) is 24.1 Å². The second-order valence-corrected chi connectivity index (χ2v) is 6.94. The molecule has 0 aliphatic carbocycles. The van der Waals surface area contributed by atoms with Crippen LogP contribution in [0, 0.1) is 0 Å². The molecule has 0 fully saturated rings. The lowest BCUT2D eigenvalue weighted by molar-refractivity contribution is -0.143. The van der Waals surface area contributed by atoms with Crippen molar-refractivity contribution in [3.63, 3.8) is 0 Å². The molecule has 1 aromatic carbocycles. The molecule has 0 spiro atoms. The van der Waals surface area contributed by atoms with Gasteiger partial charge in [0, 0.05) is 11.4 Å². The predicted molar refractivity (Wildman–Crippen MR) is 78.6 cm³/mol. The van der Waals surface area contributed by atoms with Crippen molar-refractivity contribution in [1.82, 2.24) is 0 Å². The van der Waals surface area contributed by atoms with Crippen molar-refractivity contribution >= 4 is 27.4 Å². The Morgan fingerprint density at radius 2 is 2.00 bits per heavy atom. The van der Waals surface area contributed by atoms with E-state index in [-0.39, 0.29) is 16.6 Å². The van der Waals surface area contributed by atoms with Crippen molar-refractivity contribution in [2.45, 2.75) is 37.5 Å². The second-order valence-electron chi connectivity index (χ2n) is 4.39. The van der Waals surface area contributed by atoms with Crippen LogP contribution < -0.4 is 0 Å². The number of hydrogen-bond donors (Lipinski definition) is 0. The largest absolute Gasteiger partial charge is 0.466 e. The molecule has 0 aliphatic rings. The van der Waals surface area contributed by atoms with E-state index >= 15 is 0 Å². The van der Waals surface area contributed by atoms with Crippen LogP contribution in [0.15, 0.2) is 29.2 Å². The van der Waals surface area contributed by atoms with Gasteiger partial charge >= 0.3 is 5.97 Å². The number of unbranched alkanes of at least 4 members (excludes halogenated alkanes) is 2. The monoisotopic (exact) mass is 318 g/mol. The summed E-state index contributed by atoms with van der Waals surface area (Å²) in [6.07, 6.45) is 2.18. The minimum absolute atomic E-state index is 0.0656. The van der Waals surface area contributed by atoms with Crippen LogP contribution in [0.3, 0.4) is 0 Å². The van der Waals surface area contributed by atoms with Gasteiger partial charge in [0.25, 0.3) is 0 Å². The highest BCUT2D eigenvalue weighted by Crippen LogP contribution is 2.18. The van der Waals surface area contributed by atoms with Crippen LogP contribution in [-0.4, -0.2) is 26.7 Å². The van der Waals surface area contributed by atoms with E-state index in [1.165, 1.54) is 6.07 Å². The molecule has 0 radical (unpaired) electrons. The summed E-state index contributed by atoms with van der Waals surface area (Å²) < 4.78 is 28.9. The molecule has 4 nitrogen and oxygen atoms in total. The van der Waals surface area contributed by atoms with Gasteiger partial charge in [0.1, 0.15) is 0 Å². The van der Waals surface area contributed by atoms with Gasteiger partial charge in [-0.15, -0.1) is 0 Å². The molecule has 0 saturated heterocycles. The van der Waals surface area contributed by atoms with Crippen LogP contribution in [0.4, 0.5) is 0 Å². The first kappa shape index (κ1) is 17.0. The fourth-order valence-corrected chi connectivity index (χ4v) is 3.42. The lowest BCUT2D eigenvalue weighted by Gasteiger charge is -2.05. The number of hydrogen-bond acceptors (Lipinski definition) is 4. The Morgan fingerprint density at radius 1 is 1.25 bits per heavy atom. The average molecular weight is 319 g/mol. The fraction of sp³-hybridized carbons (Fsp3) is 0.500. The molecule has 0 N–H and O–H groups in total. The number of carbonyl (C=O) groups excluding carboxylic acids is 1. The third-order valence-corrected chi connectivity index (χ3v) is 4.79. The van der Waals surface area contributed by atoms with Gasteiger partial charge in [0.2, 0.25) is 0 Å². The van der Waals surface area contributed by atoms with Gasteiger partial charge < -0.3 is 4.74 Å². The number of halogens is 1. The van der Waals surface area contributed by atoms with E-state index in [1.807, 2.05) is 0 Å². The molecule has 0 atom stereocenters. The molecule has 112 valence electrons. The van der Waals surface area contributed by atoms with E-state index < -0.39 is 9.84 Å². The third-order valence-electron chi connectivity index (χ3n) is 2.75. The summed E-state index contributed by atoms with van der Waals surface area (Å²) in [6, 6.07) is 6.26. The Bertz CT molecular complexity index is 540. The van der Waals surface area contributed by atoms with Gasteiger partial charge in [-0.25, -0.2) is 8.42 Å². The third kappa shape index (κ3) is 5.92. The number of rotatable bonds is 8. The van der Waals surface area contributed by atoms with Gasteiger partial charge in [0.15, 0.2) is 9.84 Å². The molecule has 0 aliphatic heterocycles. The zero-order valence-corrected chi connectivity index (χ0v) is 13.0. The quantitative estimate of drug-likeness (QED) is 0.545. The maximum Gasteiger partial charge on any atom is 0.305 e. The van der Waals surface area contributed by atoms with Crippen LogP contribution in [0.5, 0.6) is 0 Å². The smallest absolute Gasteiger partial charge is 0.305 e. The minimum atomic E-state index is -3.29. The van der Waals surface area contributed by atoms with Crippen LogP contribution in [-0.2, 0) is 19.4 Å². The Kier molecular flexibility index (Phi) is 7.02. The summed E-state index contributed by atoms with van der Waals surface area (Å²) in [5.41, 5.74) is 0. The van der Waals surface area contributed by atoms with Gasteiger partial charge in [-0.3, -0.25) is 4.79 Å². The Hall–Kier alpha value is -1.07. The first-order chi connectivity index (χ1) is 9.45.